The van der Waals surface area contributed by atoms with E-state index in [2.05, 4.69) is 5.10 Å². The van der Waals surface area contributed by atoms with Crippen molar-refractivity contribution in [2.45, 2.75) is 13.3 Å². The molecule has 0 saturated carbocycles. The number of benzene rings is 1. The Bertz CT molecular complexity index is 654. The van der Waals surface area contributed by atoms with Gasteiger partial charge in [0.25, 0.3) is 5.91 Å². The van der Waals surface area contributed by atoms with Crippen LogP contribution in [0.4, 0.5) is 0 Å². The second kappa shape index (κ2) is 3.84. The number of carbonyl (C=O) groups is 1. The van der Waals surface area contributed by atoms with Crippen molar-refractivity contribution in [3.05, 3.63) is 53.4 Å². The van der Waals surface area contributed by atoms with E-state index in [9.17, 15) is 9.90 Å². The molecule has 0 amide bonds. The number of allylic oxidation sites excluding steroid dienone is 2. The molecule has 4 nitrogen and oxygen atoms in total. The first-order chi connectivity index (χ1) is 8.66. The van der Waals surface area contributed by atoms with Crippen molar-refractivity contribution in [3.63, 3.8) is 0 Å². The van der Waals surface area contributed by atoms with E-state index in [1.54, 1.807) is 6.92 Å². The molecule has 0 bridgehead atoms. The lowest BCUT2D eigenvalue weighted by molar-refractivity contribution is 0.0923. The van der Waals surface area contributed by atoms with Gasteiger partial charge in [-0.05, 0) is 13.0 Å². The highest BCUT2D eigenvalue weighted by Gasteiger charge is 2.24. The fraction of sp³-hybridized carbons (Fsp3) is 0.143. The van der Waals surface area contributed by atoms with Gasteiger partial charge >= 0.3 is 0 Å². The fourth-order valence-corrected chi connectivity index (χ4v) is 2.06. The van der Waals surface area contributed by atoms with Gasteiger partial charge in [0, 0.05) is 12.0 Å². The molecule has 0 aliphatic carbocycles. The van der Waals surface area contributed by atoms with Crippen LogP contribution in [0.1, 0.15) is 17.4 Å². The minimum Gasteiger partial charge on any atom is -0.511 e. The molecule has 1 aromatic carbocycles. The average molecular weight is 240 g/mol. The lowest BCUT2D eigenvalue weighted by Crippen LogP contribution is -2.23. The quantitative estimate of drug-likeness (QED) is 0.833. The molecule has 1 aliphatic rings. The Kier molecular flexibility index (Phi) is 2.30. The highest BCUT2D eigenvalue weighted by atomic mass is 16.3. The lowest BCUT2D eigenvalue weighted by Gasteiger charge is -2.13. The van der Waals surface area contributed by atoms with Crippen LogP contribution in [-0.4, -0.2) is 20.8 Å². The summed E-state index contributed by atoms with van der Waals surface area (Å²) in [4.78, 5) is 12.0. The third-order valence-corrected chi connectivity index (χ3v) is 3.15. The van der Waals surface area contributed by atoms with Crippen LogP contribution in [0.5, 0.6) is 0 Å². The van der Waals surface area contributed by atoms with E-state index in [4.69, 9.17) is 0 Å². The molecular formula is C14H12N2O2. The van der Waals surface area contributed by atoms with Crippen molar-refractivity contribution in [3.8, 4) is 11.3 Å². The minimum absolute atomic E-state index is 0.131. The van der Waals surface area contributed by atoms with Crippen LogP contribution in [0.15, 0.2) is 47.7 Å². The number of carbonyl (C=O) groups excluding carboxylic acids is 1. The Morgan fingerprint density at radius 1 is 1.28 bits per heavy atom. The molecule has 4 heteroatoms. The van der Waals surface area contributed by atoms with Gasteiger partial charge in [-0.15, -0.1) is 0 Å². The van der Waals surface area contributed by atoms with Gasteiger partial charge in [0.15, 0.2) is 0 Å². The van der Waals surface area contributed by atoms with E-state index < -0.39 is 0 Å². The molecule has 3 rings (SSSR count). The molecule has 0 atom stereocenters. The summed E-state index contributed by atoms with van der Waals surface area (Å²) in [5.41, 5.74) is 2.80. The van der Waals surface area contributed by atoms with Crippen LogP contribution in [0.25, 0.3) is 11.3 Å². The number of rotatable bonds is 1. The minimum atomic E-state index is -0.254. The Morgan fingerprint density at radius 3 is 2.72 bits per heavy atom. The van der Waals surface area contributed by atoms with Gasteiger partial charge in [-0.1, -0.05) is 30.3 Å². The number of hydrogen-bond donors (Lipinski definition) is 1. The molecule has 0 radical (unpaired) electrons. The van der Waals surface area contributed by atoms with Crippen molar-refractivity contribution in [2.24, 2.45) is 0 Å². The van der Waals surface area contributed by atoms with E-state index in [0.717, 1.165) is 17.0 Å². The molecule has 18 heavy (non-hydrogen) atoms. The summed E-state index contributed by atoms with van der Waals surface area (Å²) in [6.45, 7) is 1.62. The molecule has 0 spiro atoms. The smallest absolute Gasteiger partial charge is 0.277 e. The molecule has 0 saturated heterocycles. The first-order valence-electron chi connectivity index (χ1n) is 5.74. The van der Waals surface area contributed by atoms with Crippen molar-refractivity contribution >= 4 is 5.91 Å². The molecule has 2 heterocycles. The van der Waals surface area contributed by atoms with E-state index in [1.807, 2.05) is 36.4 Å². The summed E-state index contributed by atoms with van der Waals surface area (Å²) in [5, 5.41) is 14.0. The van der Waals surface area contributed by atoms with Gasteiger partial charge in [-0.3, -0.25) is 4.79 Å². The molecule has 1 aliphatic heterocycles. The van der Waals surface area contributed by atoms with E-state index in [-0.39, 0.29) is 11.7 Å². The molecule has 2 aromatic rings. The van der Waals surface area contributed by atoms with Gasteiger partial charge in [0.2, 0.25) is 0 Å². The first kappa shape index (κ1) is 10.8. The highest BCUT2D eigenvalue weighted by Crippen LogP contribution is 2.24. The molecule has 90 valence electrons. The number of aliphatic hydroxyl groups excluding tert-OH is 1. The molecule has 0 unspecified atom stereocenters. The summed E-state index contributed by atoms with van der Waals surface area (Å²) in [6, 6.07) is 11.5. The van der Waals surface area contributed by atoms with Crippen LogP contribution in [0.3, 0.4) is 0 Å². The van der Waals surface area contributed by atoms with Crippen molar-refractivity contribution in [1.82, 2.24) is 9.78 Å². The molecule has 1 N–H and O–H groups in total. The monoisotopic (exact) mass is 240 g/mol. The maximum atomic E-state index is 12.0. The average Bonchev–Trinajstić information content (AvgIpc) is 2.81. The maximum Gasteiger partial charge on any atom is 0.277 e. The van der Waals surface area contributed by atoms with Gasteiger partial charge in [-0.25, -0.2) is 0 Å². The number of nitrogens with zero attached hydrogens (tertiary/aromatic N) is 2. The Morgan fingerprint density at radius 2 is 2.00 bits per heavy atom. The normalized spacial score (nSPS) is 14.8. The summed E-state index contributed by atoms with van der Waals surface area (Å²) in [5.74, 6) is -0.122. The fourth-order valence-electron chi connectivity index (χ4n) is 2.06. The second-order valence-corrected chi connectivity index (χ2v) is 4.35. The summed E-state index contributed by atoms with van der Waals surface area (Å²) in [7, 11) is 0. The zero-order chi connectivity index (χ0) is 12.7. The second-order valence-electron chi connectivity index (χ2n) is 4.35. The van der Waals surface area contributed by atoms with Gasteiger partial charge in [0.1, 0.15) is 5.76 Å². The SMILES string of the molecule is CC1=C(O)Cc2cc(-c3ccccc3)nn2C1=O. The van der Waals surface area contributed by atoms with Crippen LogP contribution >= 0.6 is 0 Å². The van der Waals surface area contributed by atoms with Crippen LogP contribution < -0.4 is 0 Å². The van der Waals surface area contributed by atoms with Crippen LogP contribution in [0.2, 0.25) is 0 Å². The summed E-state index contributed by atoms with van der Waals surface area (Å²) < 4.78 is 1.37. The van der Waals surface area contributed by atoms with E-state index in [1.165, 1.54) is 4.68 Å². The predicted molar refractivity (Wildman–Crippen MR) is 67.3 cm³/mol. The molecule has 0 fully saturated rings. The number of aliphatic hydroxyl groups is 1. The van der Waals surface area contributed by atoms with E-state index >= 15 is 0 Å². The molecular weight excluding hydrogens is 228 g/mol. The Hall–Kier alpha value is -2.36. The largest absolute Gasteiger partial charge is 0.511 e. The summed E-state index contributed by atoms with van der Waals surface area (Å²) >= 11 is 0. The zero-order valence-corrected chi connectivity index (χ0v) is 9.92. The van der Waals surface area contributed by atoms with Crippen LogP contribution in [0, 0.1) is 0 Å². The van der Waals surface area contributed by atoms with Crippen molar-refractivity contribution in [1.29, 1.82) is 0 Å². The number of aromatic nitrogens is 2. The summed E-state index contributed by atoms with van der Waals surface area (Å²) in [6.07, 6.45) is 0.359. The van der Waals surface area contributed by atoms with E-state index in [0.29, 0.717) is 12.0 Å². The van der Waals surface area contributed by atoms with Gasteiger partial charge < -0.3 is 5.11 Å². The highest BCUT2D eigenvalue weighted by molar-refractivity contribution is 5.96. The number of fused-ring (bicyclic) bond motifs is 1. The first-order valence-corrected chi connectivity index (χ1v) is 5.74. The Labute approximate surface area is 104 Å². The maximum absolute atomic E-state index is 12.0. The van der Waals surface area contributed by atoms with Crippen LogP contribution in [-0.2, 0) is 6.42 Å². The topological polar surface area (TPSA) is 55.1 Å². The van der Waals surface area contributed by atoms with Crippen molar-refractivity contribution < 1.29 is 9.90 Å². The van der Waals surface area contributed by atoms with Crippen molar-refractivity contribution in [2.75, 3.05) is 0 Å². The predicted octanol–water partition coefficient (Wildman–Crippen LogP) is 2.58. The third-order valence-electron chi connectivity index (χ3n) is 3.15. The lowest BCUT2D eigenvalue weighted by atomic mass is 10.1. The number of hydrogen-bond acceptors (Lipinski definition) is 3. The zero-order valence-electron chi connectivity index (χ0n) is 9.92. The Balaban J connectivity index is 2.09. The third kappa shape index (κ3) is 1.54. The van der Waals surface area contributed by atoms with Gasteiger partial charge in [-0.2, -0.15) is 9.78 Å². The standard InChI is InChI=1S/C14H12N2O2/c1-9-13(17)8-11-7-12(15-16(11)14(9)18)10-5-3-2-4-6-10/h2-7,17H,8H2,1H3. The van der Waals surface area contributed by atoms with Gasteiger partial charge in [0.05, 0.1) is 17.0 Å². The molecule has 1 aromatic heterocycles.